The van der Waals surface area contributed by atoms with Gasteiger partial charge in [0.1, 0.15) is 5.60 Å². The van der Waals surface area contributed by atoms with E-state index in [1.54, 1.807) is 19.0 Å². The van der Waals surface area contributed by atoms with Crippen LogP contribution in [0.25, 0.3) is 11.1 Å². The molecule has 214 valence electrons. The molecule has 0 bridgehead atoms. The van der Waals surface area contributed by atoms with E-state index in [0.29, 0.717) is 6.54 Å². The summed E-state index contributed by atoms with van der Waals surface area (Å²) >= 11 is 0. The molecule has 1 aliphatic rings. The number of carbonyl (C=O) groups is 2. The highest BCUT2D eigenvalue weighted by Gasteiger charge is 2.33. The van der Waals surface area contributed by atoms with Crippen LogP contribution in [-0.4, -0.2) is 86.2 Å². The standard InChI is InChI=1S/C32H48N4O3/c1-32(39-31(38)33-29-19-13-12-18-28(29)27-16-10-9-11-17-27)20-24-36(25-21-32)23-15-8-6-5-7-14-22-35(4)26-30(37)34(2)3/h9-13,16-19H,5-8,14-15,20-26H2,1-4H3,(H,33,38). The minimum Gasteiger partial charge on any atom is -0.443 e. The van der Waals surface area contributed by atoms with Gasteiger partial charge in [-0.2, -0.15) is 0 Å². The summed E-state index contributed by atoms with van der Waals surface area (Å²) in [6, 6.07) is 17.9. The lowest BCUT2D eigenvalue weighted by Gasteiger charge is -2.38. The second kappa shape index (κ2) is 15.6. The first-order chi connectivity index (χ1) is 18.8. The zero-order valence-electron chi connectivity index (χ0n) is 24.5. The number of likely N-dealkylation sites (N-methyl/N-ethyl adjacent to an activating group) is 2. The number of benzene rings is 2. The van der Waals surface area contributed by atoms with E-state index in [-0.39, 0.29) is 12.0 Å². The smallest absolute Gasteiger partial charge is 0.412 e. The van der Waals surface area contributed by atoms with E-state index < -0.39 is 5.60 Å². The lowest BCUT2D eigenvalue weighted by Crippen LogP contribution is -2.46. The average molecular weight is 537 g/mol. The monoisotopic (exact) mass is 536 g/mol. The molecule has 0 aromatic heterocycles. The maximum atomic E-state index is 12.8. The van der Waals surface area contributed by atoms with Crippen molar-refractivity contribution in [3.05, 3.63) is 54.6 Å². The highest BCUT2D eigenvalue weighted by atomic mass is 16.6. The number of carbonyl (C=O) groups excluding carboxylic acids is 2. The molecule has 2 aromatic rings. The normalized spacial score (nSPS) is 15.2. The summed E-state index contributed by atoms with van der Waals surface area (Å²) in [5, 5.41) is 2.98. The molecule has 7 heteroatoms. The number of ether oxygens (including phenoxy) is 1. The Morgan fingerprint density at radius 3 is 2.18 bits per heavy atom. The Bertz CT molecular complexity index is 1020. The first-order valence-corrected chi connectivity index (χ1v) is 14.5. The molecule has 2 aromatic carbocycles. The second-order valence-corrected chi connectivity index (χ2v) is 11.4. The zero-order chi connectivity index (χ0) is 28.1. The molecule has 1 heterocycles. The summed E-state index contributed by atoms with van der Waals surface area (Å²) in [7, 11) is 5.63. The molecule has 0 unspecified atom stereocenters. The van der Waals surface area contributed by atoms with E-state index in [1.807, 2.05) is 61.6 Å². The van der Waals surface area contributed by atoms with Crippen LogP contribution in [0.3, 0.4) is 0 Å². The molecule has 3 rings (SSSR count). The van der Waals surface area contributed by atoms with Crippen LogP contribution in [0.15, 0.2) is 54.6 Å². The second-order valence-electron chi connectivity index (χ2n) is 11.4. The number of unbranched alkanes of at least 4 members (excludes halogenated alkanes) is 5. The highest BCUT2D eigenvalue weighted by molar-refractivity contribution is 5.91. The van der Waals surface area contributed by atoms with Gasteiger partial charge in [0.25, 0.3) is 0 Å². The summed E-state index contributed by atoms with van der Waals surface area (Å²) in [5.41, 5.74) is 2.38. The van der Waals surface area contributed by atoms with Crippen LogP contribution in [0.1, 0.15) is 58.3 Å². The maximum Gasteiger partial charge on any atom is 0.412 e. The van der Waals surface area contributed by atoms with Gasteiger partial charge in [-0.1, -0.05) is 74.2 Å². The van der Waals surface area contributed by atoms with Gasteiger partial charge < -0.3 is 14.5 Å². The van der Waals surface area contributed by atoms with E-state index in [0.717, 1.165) is 62.3 Å². The van der Waals surface area contributed by atoms with Crippen LogP contribution in [0.2, 0.25) is 0 Å². The number of hydrogen-bond donors (Lipinski definition) is 1. The Balaban J connectivity index is 1.28. The number of nitrogens with one attached hydrogen (secondary N) is 1. The predicted molar refractivity (Wildman–Crippen MR) is 160 cm³/mol. The number of para-hydroxylation sites is 1. The van der Waals surface area contributed by atoms with Crippen LogP contribution in [0, 0.1) is 0 Å². The fourth-order valence-electron chi connectivity index (χ4n) is 5.05. The van der Waals surface area contributed by atoms with E-state index >= 15 is 0 Å². The van der Waals surface area contributed by atoms with Gasteiger partial charge in [0.05, 0.1) is 12.2 Å². The molecular formula is C32H48N4O3. The number of hydrogen-bond acceptors (Lipinski definition) is 5. The molecule has 7 nitrogen and oxygen atoms in total. The van der Waals surface area contributed by atoms with Gasteiger partial charge in [0.2, 0.25) is 5.91 Å². The fraction of sp³-hybridized carbons (Fsp3) is 0.562. The molecule has 0 saturated carbocycles. The number of amides is 2. The van der Waals surface area contributed by atoms with Crippen molar-refractivity contribution in [2.75, 3.05) is 59.2 Å². The summed E-state index contributed by atoms with van der Waals surface area (Å²) < 4.78 is 5.95. The van der Waals surface area contributed by atoms with Crippen molar-refractivity contribution in [2.24, 2.45) is 0 Å². The van der Waals surface area contributed by atoms with Crippen LogP contribution in [-0.2, 0) is 9.53 Å². The Kier molecular flexibility index (Phi) is 12.3. The van der Waals surface area contributed by atoms with Gasteiger partial charge in [0, 0.05) is 32.7 Å². The third-order valence-electron chi connectivity index (χ3n) is 7.67. The molecule has 2 amide bonds. The third kappa shape index (κ3) is 10.6. The first-order valence-electron chi connectivity index (χ1n) is 14.5. The maximum absolute atomic E-state index is 12.8. The van der Waals surface area contributed by atoms with E-state index in [2.05, 4.69) is 22.0 Å². The molecule has 39 heavy (non-hydrogen) atoms. The SMILES string of the molecule is CN(CCCCCCCCN1CCC(C)(OC(=O)Nc2ccccc2-c2ccccc2)CC1)CC(=O)N(C)C. The highest BCUT2D eigenvalue weighted by Crippen LogP contribution is 2.30. The van der Waals surface area contributed by atoms with Crippen LogP contribution < -0.4 is 5.32 Å². The Morgan fingerprint density at radius 1 is 0.872 bits per heavy atom. The number of nitrogens with zero attached hydrogens (tertiary/aromatic N) is 3. The topological polar surface area (TPSA) is 65.1 Å². The number of likely N-dealkylation sites (tertiary alicyclic amines) is 1. The molecule has 1 aliphatic heterocycles. The molecular weight excluding hydrogens is 488 g/mol. The lowest BCUT2D eigenvalue weighted by molar-refractivity contribution is -0.129. The molecule has 1 saturated heterocycles. The van der Waals surface area contributed by atoms with Crippen molar-refractivity contribution in [2.45, 2.75) is 63.9 Å². The van der Waals surface area contributed by atoms with E-state index in [9.17, 15) is 9.59 Å². The van der Waals surface area contributed by atoms with Crippen molar-refractivity contribution in [3.8, 4) is 11.1 Å². The minimum absolute atomic E-state index is 0.162. The van der Waals surface area contributed by atoms with Gasteiger partial charge in [-0.05, 0) is 64.4 Å². The van der Waals surface area contributed by atoms with Crippen molar-refractivity contribution in [1.29, 1.82) is 0 Å². The largest absolute Gasteiger partial charge is 0.443 e. The molecule has 1 fully saturated rings. The number of anilines is 1. The van der Waals surface area contributed by atoms with Crippen molar-refractivity contribution >= 4 is 17.7 Å². The third-order valence-corrected chi connectivity index (χ3v) is 7.67. The van der Waals surface area contributed by atoms with Gasteiger partial charge in [-0.3, -0.25) is 15.0 Å². The van der Waals surface area contributed by atoms with Gasteiger partial charge in [-0.25, -0.2) is 4.79 Å². The van der Waals surface area contributed by atoms with Crippen molar-refractivity contribution < 1.29 is 14.3 Å². The summed E-state index contributed by atoms with van der Waals surface area (Å²) in [6.07, 6.45) is 8.67. The molecule has 1 N–H and O–H groups in total. The predicted octanol–water partition coefficient (Wildman–Crippen LogP) is 6.12. The fourth-order valence-corrected chi connectivity index (χ4v) is 5.05. The van der Waals surface area contributed by atoms with Crippen molar-refractivity contribution in [3.63, 3.8) is 0 Å². The summed E-state index contributed by atoms with van der Waals surface area (Å²) in [5.74, 6) is 0.162. The van der Waals surface area contributed by atoms with Gasteiger partial charge >= 0.3 is 6.09 Å². The Morgan fingerprint density at radius 2 is 1.49 bits per heavy atom. The molecule has 0 spiro atoms. The quantitative estimate of drug-likeness (QED) is 0.295. The van der Waals surface area contributed by atoms with E-state index in [1.165, 1.54) is 32.1 Å². The Hall–Kier alpha value is -2.90. The summed E-state index contributed by atoms with van der Waals surface area (Å²) in [4.78, 5) is 30.8. The average Bonchev–Trinajstić information content (AvgIpc) is 2.91. The van der Waals surface area contributed by atoms with Gasteiger partial charge in [0.15, 0.2) is 0 Å². The van der Waals surface area contributed by atoms with Crippen LogP contribution >= 0.6 is 0 Å². The minimum atomic E-state index is -0.438. The number of piperidine rings is 1. The van der Waals surface area contributed by atoms with E-state index in [4.69, 9.17) is 4.74 Å². The number of rotatable bonds is 14. The van der Waals surface area contributed by atoms with Crippen LogP contribution in [0.5, 0.6) is 0 Å². The van der Waals surface area contributed by atoms with Gasteiger partial charge in [-0.15, -0.1) is 0 Å². The first kappa shape index (κ1) is 30.6. The summed E-state index contributed by atoms with van der Waals surface area (Å²) in [6.45, 7) is 6.57. The molecule has 0 radical (unpaired) electrons. The zero-order valence-corrected chi connectivity index (χ0v) is 24.5. The lowest BCUT2D eigenvalue weighted by atomic mass is 9.93. The van der Waals surface area contributed by atoms with Crippen molar-refractivity contribution in [1.82, 2.24) is 14.7 Å². The molecule has 0 aliphatic carbocycles. The Labute approximate surface area is 235 Å². The van der Waals surface area contributed by atoms with Crippen LogP contribution in [0.4, 0.5) is 10.5 Å². The molecule has 0 atom stereocenters.